The number of amides is 2. The van der Waals surface area contributed by atoms with Crippen molar-refractivity contribution in [2.75, 3.05) is 6.54 Å². The molecule has 1 saturated heterocycles. The third-order valence-corrected chi connectivity index (χ3v) is 7.72. The molecule has 1 fully saturated rings. The Morgan fingerprint density at radius 1 is 1.14 bits per heavy atom. The molecule has 0 unspecified atom stereocenters. The topological polar surface area (TPSA) is 89.9 Å². The fraction of sp³-hybridized carbons (Fsp3) is 0.308. The van der Waals surface area contributed by atoms with Crippen LogP contribution >= 0.6 is 34.5 Å². The van der Waals surface area contributed by atoms with E-state index in [4.69, 9.17) is 23.2 Å². The van der Waals surface area contributed by atoms with Crippen LogP contribution < -0.4 is 5.32 Å². The molecule has 1 aromatic heterocycles. The lowest BCUT2D eigenvalue weighted by Crippen LogP contribution is -2.50. The van der Waals surface area contributed by atoms with E-state index in [0.29, 0.717) is 29.4 Å². The van der Waals surface area contributed by atoms with Crippen LogP contribution in [0.15, 0.2) is 53.9 Å². The Kier molecular flexibility index (Phi) is 8.64. The number of likely N-dealkylation sites (tertiary alicyclic amines) is 1. The molecule has 2 amide bonds. The summed E-state index contributed by atoms with van der Waals surface area (Å²) >= 11 is 13.6. The highest BCUT2D eigenvalue weighted by atomic mass is 35.5. The minimum Gasteiger partial charge on any atom is -0.380 e. The first kappa shape index (κ1) is 26.6. The number of hydrogen-bond acceptors (Lipinski definition) is 5. The molecule has 1 aliphatic rings. The van der Waals surface area contributed by atoms with Crippen molar-refractivity contribution in [3.05, 3.63) is 91.3 Å². The van der Waals surface area contributed by atoms with Crippen LogP contribution in [0.2, 0.25) is 10.0 Å². The quantitative estimate of drug-likeness (QED) is 0.385. The summed E-state index contributed by atoms with van der Waals surface area (Å²) in [6.07, 6.45) is -1.85. The fourth-order valence-corrected chi connectivity index (χ4v) is 5.58. The first-order valence-electron chi connectivity index (χ1n) is 11.4. The monoisotopic (exact) mass is 550 g/mol. The number of rotatable bonds is 8. The molecule has 0 radical (unpaired) electrons. The highest BCUT2D eigenvalue weighted by Gasteiger charge is 2.38. The summed E-state index contributed by atoms with van der Waals surface area (Å²) in [6, 6.07) is 13.0. The molecule has 10 heteroatoms. The molecule has 6 nitrogen and oxygen atoms in total. The number of aliphatic hydroxyl groups excluding tert-OH is 2. The van der Waals surface area contributed by atoms with Gasteiger partial charge in [-0.25, -0.2) is 4.39 Å². The van der Waals surface area contributed by atoms with Gasteiger partial charge in [0.15, 0.2) is 12.2 Å². The SMILES string of the molecule is O=C(NCc1cc(Cc2ccc(F)cc2Cl)cs1)[C@H](O)[C@@H](O)C(=O)N1CCC[C@@H]1c1cccc(Cl)c1. The zero-order chi connectivity index (χ0) is 25.8. The largest absolute Gasteiger partial charge is 0.380 e. The number of thiophene rings is 1. The van der Waals surface area contributed by atoms with E-state index in [1.54, 1.807) is 24.3 Å². The van der Waals surface area contributed by atoms with E-state index < -0.39 is 29.8 Å². The number of nitrogens with one attached hydrogen (secondary N) is 1. The van der Waals surface area contributed by atoms with E-state index in [1.165, 1.54) is 28.4 Å². The zero-order valence-corrected chi connectivity index (χ0v) is 21.5. The molecule has 3 N–H and O–H groups in total. The van der Waals surface area contributed by atoms with Gasteiger partial charge in [0.25, 0.3) is 11.8 Å². The molecule has 0 spiro atoms. The van der Waals surface area contributed by atoms with Crippen LogP contribution in [0.4, 0.5) is 4.39 Å². The Balaban J connectivity index is 1.32. The van der Waals surface area contributed by atoms with Crippen LogP contribution in [0.25, 0.3) is 0 Å². The molecule has 3 aromatic rings. The number of carbonyl (C=O) groups is 2. The van der Waals surface area contributed by atoms with Crippen molar-refractivity contribution in [3.8, 4) is 0 Å². The van der Waals surface area contributed by atoms with Crippen molar-refractivity contribution in [2.24, 2.45) is 0 Å². The van der Waals surface area contributed by atoms with Gasteiger partial charge in [-0.05, 0) is 71.7 Å². The fourth-order valence-electron chi connectivity index (χ4n) is 4.31. The lowest BCUT2D eigenvalue weighted by atomic mass is 10.0. The summed E-state index contributed by atoms with van der Waals surface area (Å²) in [7, 11) is 0. The molecule has 0 bridgehead atoms. The third-order valence-electron chi connectivity index (χ3n) is 6.14. The molecule has 2 heterocycles. The van der Waals surface area contributed by atoms with Gasteiger partial charge in [-0.1, -0.05) is 41.4 Å². The van der Waals surface area contributed by atoms with Crippen molar-refractivity contribution >= 4 is 46.4 Å². The normalized spacial score (nSPS) is 17.1. The van der Waals surface area contributed by atoms with Crippen LogP contribution in [-0.2, 0) is 22.6 Å². The van der Waals surface area contributed by atoms with E-state index in [9.17, 15) is 24.2 Å². The number of carbonyl (C=O) groups excluding carboxylic acids is 2. The molecular weight excluding hydrogens is 526 g/mol. The van der Waals surface area contributed by atoms with Crippen molar-refractivity contribution in [2.45, 2.75) is 44.1 Å². The van der Waals surface area contributed by atoms with Crippen molar-refractivity contribution in [3.63, 3.8) is 0 Å². The zero-order valence-electron chi connectivity index (χ0n) is 19.2. The summed E-state index contributed by atoms with van der Waals surface area (Å²) in [4.78, 5) is 27.7. The van der Waals surface area contributed by atoms with Crippen LogP contribution in [0.5, 0.6) is 0 Å². The molecule has 190 valence electrons. The van der Waals surface area contributed by atoms with Gasteiger partial charge >= 0.3 is 0 Å². The second kappa shape index (κ2) is 11.7. The second-order valence-corrected chi connectivity index (χ2v) is 10.5. The summed E-state index contributed by atoms with van der Waals surface area (Å²) in [6.45, 7) is 0.533. The van der Waals surface area contributed by atoms with Gasteiger partial charge in [0.1, 0.15) is 5.82 Å². The smallest absolute Gasteiger partial charge is 0.255 e. The second-order valence-electron chi connectivity index (χ2n) is 8.69. The first-order chi connectivity index (χ1) is 17.2. The van der Waals surface area contributed by atoms with Crippen LogP contribution in [0, 0.1) is 5.82 Å². The number of halogens is 3. The molecular formula is C26H25Cl2FN2O4S. The van der Waals surface area contributed by atoms with Crippen LogP contribution in [-0.4, -0.2) is 45.7 Å². The third kappa shape index (κ3) is 6.25. The van der Waals surface area contributed by atoms with Crippen LogP contribution in [0.1, 0.15) is 40.5 Å². The Labute approximate surface area is 222 Å². The Hall–Kier alpha value is -2.49. The lowest BCUT2D eigenvalue weighted by molar-refractivity contribution is -0.153. The van der Waals surface area contributed by atoms with Crippen LogP contribution in [0.3, 0.4) is 0 Å². The van der Waals surface area contributed by atoms with E-state index >= 15 is 0 Å². The molecule has 4 rings (SSSR count). The summed E-state index contributed by atoms with van der Waals surface area (Å²) in [5.74, 6) is -1.94. The van der Waals surface area contributed by atoms with Crippen molar-refractivity contribution in [1.82, 2.24) is 10.2 Å². The molecule has 2 aromatic carbocycles. The highest BCUT2D eigenvalue weighted by molar-refractivity contribution is 7.10. The number of benzene rings is 2. The van der Waals surface area contributed by atoms with Gasteiger partial charge in [-0.3, -0.25) is 9.59 Å². The van der Waals surface area contributed by atoms with Gasteiger partial charge in [0.2, 0.25) is 0 Å². The molecule has 0 saturated carbocycles. The maximum Gasteiger partial charge on any atom is 0.255 e. The minimum absolute atomic E-state index is 0.119. The molecule has 36 heavy (non-hydrogen) atoms. The van der Waals surface area contributed by atoms with Crippen molar-refractivity contribution in [1.29, 1.82) is 0 Å². The summed E-state index contributed by atoms with van der Waals surface area (Å²) < 4.78 is 13.2. The van der Waals surface area contributed by atoms with E-state index in [1.807, 2.05) is 17.5 Å². The van der Waals surface area contributed by atoms with Gasteiger partial charge in [-0.2, -0.15) is 0 Å². The van der Waals surface area contributed by atoms with Gasteiger partial charge in [0, 0.05) is 21.5 Å². The Bertz CT molecular complexity index is 1250. The highest BCUT2D eigenvalue weighted by Crippen LogP contribution is 2.33. The molecule has 0 aliphatic carbocycles. The standard InChI is InChI=1S/C26H25Cl2FN2O4S/c27-18-4-1-3-17(11-18)22-5-2-8-31(22)26(35)24(33)23(32)25(34)30-13-20-10-15(14-36-20)9-16-6-7-19(29)12-21(16)28/h1,3-4,6-7,10-12,14,22-24,32-33H,2,5,8-9,13H2,(H,30,34)/t22-,23-,24-/m1/s1. The Morgan fingerprint density at radius 2 is 1.94 bits per heavy atom. The predicted octanol–water partition coefficient (Wildman–Crippen LogP) is 4.49. The van der Waals surface area contributed by atoms with Gasteiger partial charge < -0.3 is 20.4 Å². The summed E-state index contributed by atoms with van der Waals surface area (Å²) in [5.41, 5.74) is 2.56. The average molecular weight is 551 g/mol. The number of aliphatic hydroxyl groups is 2. The minimum atomic E-state index is -1.91. The summed E-state index contributed by atoms with van der Waals surface area (Å²) in [5, 5.41) is 26.2. The van der Waals surface area contributed by atoms with Gasteiger partial charge in [0.05, 0.1) is 12.6 Å². The van der Waals surface area contributed by atoms with E-state index in [-0.39, 0.29) is 12.6 Å². The first-order valence-corrected chi connectivity index (χ1v) is 13.1. The molecule has 3 atom stereocenters. The van der Waals surface area contributed by atoms with Crippen molar-refractivity contribution < 1.29 is 24.2 Å². The number of nitrogens with zero attached hydrogens (tertiary/aromatic N) is 1. The Morgan fingerprint density at radius 3 is 2.69 bits per heavy atom. The van der Waals surface area contributed by atoms with E-state index in [0.717, 1.165) is 28.0 Å². The average Bonchev–Trinajstić information content (AvgIpc) is 3.52. The molecule has 1 aliphatic heterocycles. The van der Waals surface area contributed by atoms with Gasteiger partial charge in [-0.15, -0.1) is 11.3 Å². The number of hydrogen-bond donors (Lipinski definition) is 3. The van der Waals surface area contributed by atoms with E-state index in [2.05, 4.69) is 5.32 Å². The predicted molar refractivity (Wildman–Crippen MR) is 138 cm³/mol. The lowest BCUT2D eigenvalue weighted by Gasteiger charge is -2.28. The maximum atomic E-state index is 13.2. The maximum absolute atomic E-state index is 13.2.